The molecule has 0 aliphatic carbocycles. The van der Waals surface area contributed by atoms with Crippen LogP contribution in [0.4, 0.5) is 27.0 Å². The fraction of sp³-hybridized carbons (Fsp3) is 0.263. The highest BCUT2D eigenvalue weighted by Crippen LogP contribution is 2.37. The van der Waals surface area contributed by atoms with E-state index in [4.69, 9.17) is 22.1 Å². The molecule has 2 aromatic heterocycles. The highest BCUT2D eigenvalue weighted by atomic mass is 35.5. The zero-order chi connectivity index (χ0) is 22.8. The van der Waals surface area contributed by atoms with Gasteiger partial charge in [-0.05, 0) is 25.1 Å². The van der Waals surface area contributed by atoms with E-state index >= 15 is 0 Å². The average molecular weight is 480 g/mol. The fourth-order valence-electron chi connectivity index (χ4n) is 3.13. The van der Waals surface area contributed by atoms with E-state index in [0.29, 0.717) is 42.6 Å². The number of carbonyl (C=O) groups excluding carboxylic acids is 2. The van der Waals surface area contributed by atoms with Gasteiger partial charge in [-0.2, -0.15) is 4.98 Å². The van der Waals surface area contributed by atoms with E-state index in [1.807, 2.05) is 4.90 Å². The highest BCUT2D eigenvalue weighted by Gasteiger charge is 2.23. The van der Waals surface area contributed by atoms with E-state index < -0.39 is 17.6 Å². The minimum absolute atomic E-state index is 0.00407. The van der Waals surface area contributed by atoms with Crippen LogP contribution in [0.25, 0.3) is 0 Å². The maximum atomic E-state index is 14.2. The molecule has 4 rings (SSSR count). The van der Waals surface area contributed by atoms with Crippen LogP contribution in [0.5, 0.6) is 0 Å². The number of carbonyl (C=O) groups is 2. The van der Waals surface area contributed by atoms with Gasteiger partial charge in [-0.15, -0.1) is 16.4 Å². The number of aromatic nitrogens is 3. The normalized spacial score (nSPS) is 13.8. The summed E-state index contributed by atoms with van der Waals surface area (Å²) in [5.74, 6) is -1.55. The number of hydrogen-bond donors (Lipinski definition) is 4. The summed E-state index contributed by atoms with van der Waals surface area (Å²) >= 11 is 7.29. The summed E-state index contributed by atoms with van der Waals surface area (Å²) < 4.78 is 19.5. The first kappa shape index (κ1) is 22.0. The lowest BCUT2D eigenvalue weighted by atomic mass is 10.1. The standard InChI is InChI=1S/C19H19ClFN7O3S/c1-9-13(20)14(16(30)24-19-25-18(22)26-27-19)32-17(9)23-15(29)10-6-11(21)8-12(7-10)28-2-4-31-5-3-28/h6-8H,2-5H2,1H3,(H,23,29)(H4,22,24,25,26,27,30). The molecule has 0 unspecified atom stereocenters. The highest BCUT2D eigenvalue weighted by molar-refractivity contribution is 7.19. The van der Waals surface area contributed by atoms with E-state index in [-0.39, 0.29) is 27.4 Å². The number of ether oxygens (including phenoxy) is 1. The first-order valence-corrected chi connectivity index (χ1v) is 10.7. The van der Waals surface area contributed by atoms with Gasteiger partial charge in [-0.25, -0.2) is 9.49 Å². The lowest BCUT2D eigenvalue weighted by Gasteiger charge is -2.29. The summed E-state index contributed by atoms with van der Waals surface area (Å²) in [7, 11) is 0. The molecule has 1 aromatic carbocycles. The molecule has 2 amide bonds. The Morgan fingerprint density at radius 1 is 1.25 bits per heavy atom. The summed E-state index contributed by atoms with van der Waals surface area (Å²) in [4.78, 5) is 31.3. The first-order chi connectivity index (χ1) is 15.3. The van der Waals surface area contributed by atoms with Crippen molar-refractivity contribution in [2.45, 2.75) is 6.92 Å². The van der Waals surface area contributed by atoms with Crippen molar-refractivity contribution in [3.8, 4) is 0 Å². The Balaban J connectivity index is 1.53. The van der Waals surface area contributed by atoms with Crippen molar-refractivity contribution in [1.82, 2.24) is 15.2 Å². The third-order valence-corrected chi connectivity index (χ3v) is 6.55. The van der Waals surface area contributed by atoms with E-state index in [1.165, 1.54) is 6.07 Å². The molecule has 10 nitrogen and oxygen atoms in total. The number of nitrogens with one attached hydrogen (secondary N) is 3. The van der Waals surface area contributed by atoms with Gasteiger partial charge in [0.25, 0.3) is 17.8 Å². The largest absolute Gasteiger partial charge is 0.378 e. The van der Waals surface area contributed by atoms with Crippen LogP contribution in [0.1, 0.15) is 25.6 Å². The Bertz CT molecular complexity index is 1180. The number of morpholine rings is 1. The molecule has 1 aliphatic heterocycles. The lowest BCUT2D eigenvalue weighted by Crippen LogP contribution is -2.36. The topological polar surface area (TPSA) is 138 Å². The molecular weight excluding hydrogens is 461 g/mol. The summed E-state index contributed by atoms with van der Waals surface area (Å²) in [6.07, 6.45) is 0. The molecule has 0 bridgehead atoms. The van der Waals surface area contributed by atoms with Gasteiger partial charge in [0.15, 0.2) is 0 Å². The van der Waals surface area contributed by atoms with Crippen molar-refractivity contribution in [3.63, 3.8) is 0 Å². The molecule has 1 fully saturated rings. The Labute approximate surface area is 190 Å². The molecule has 168 valence electrons. The summed E-state index contributed by atoms with van der Waals surface area (Å²) in [6.45, 7) is 3.96. The number of anilines is 4. The molecule has 1 saturated heterocycles. The van der Waals surface area contributed by atoms with Crippen molar-refractivity contribution >= 4 is 57.3 Å². The molecule has 0 radical (unpaired) electrons. The quantitative estimate of drug-likeness (QED) is 0.441. The number of amides is 2. The Hall–Kier alpha value is -3.22. The van der Waals surface area contributed by atoms with E-state index in [0.717, 1.165) is 17.4 Å². The minimum Gasteiger partial charge on any atom is -0.378 e. The zero-order valence-corrected chi connectivity index (χ0v) is 18.4. The van der Waals surface area contributed by atoms with Crippen LogP contribution in [0.2, 0.25) is 5.02 Å². The van der Waals surface area contributed by atoms with Crippen LogP contribution in [-0.2, 0) is 4.74 Å². The van der Waals surface area contributed by atoms with Crippen molar-refractivity contribution in [3.05, 3.63) is 45.0 Å². The molecule has 5 N–H and O–H groups in total. The van der Waals surface area contributed by atoms with Gasteiger partial charge < -0.3 is 20.7 Å². The van der Waals surface area contributed by atoms with Crippen LogP contribution >= 0.6 is 22.9 Å². The molecule has 13 heteroatoms. The van der Waals surface area contributed by atoms with Crippen molar-refractivity contribution in [2.24, 2.45) is 0 Å². The molecular formula is C19H19ClFN7O3S. The van der Waals surface area contributed by atoms with Crippen LogP contribution in [-0.4, -0.2) is 53.3 Å². The maximum Gasteiger partial charge on any atom is 0.269 e. The number of aromatic amines is 1. The maximum absolute atomic E-state index is 14.2. The number of hydrogen-bond acceptors (Lipinski definition) is 8. The van der Waals surface area contributed by atoms with Gasteiger partial charge in [-0.1, -0.05) is 11.6 Å². The van der Waals surface area contributed by atoms with Crippen LogP contribution in [0.15, 0.2) is 18.2 Å². The number of rotatable bonds is 5. The number of H-pyrrole nitrogens is 1. The summed E-state index contributed by atoms with van der Waals surface area (Å²) in [5.41, 5.74) is 6.70. The third-order valence-electron chi connectivity index (χ3n) is 4.76. The molecule has 0 spiro atoms. The van der Waals surface area contributed by atoms with Crippen molar-refractivity contribution in [1.29, 1.82) is 0 Å². The summed E-state index contributed by atoms with van der Waals surface area (Å²) in [6, 6.07) is 4.16. The minimum atomic E-state index is -0.553. The molecule has 1 aliphatic rings. The Morgan fingerprint density at radius 2 is 2.00 bits per heavy atom. The molecule has 32 heavy (non-hydrogen) atoms. The van der Waals surface area contributed by atoms with E-state index in [2.05, 4.69) is 25.8 Å². The molecule has 0 saturated carbocycles. The number of thiophene rings is 1. The van der Waals surface area contributed by atoms with Crippen LogP contribution in [0.3, 0.4) is 0 Å². The molecule has 0 atom stereocenters. The predicted molar refractivity (Wildman–Crippen MR) is 120 cm³/mol. The van der Waals surface area contributed by atoms with Gasteiger partial charge in [0.1, 0.15) is 15.7 Å². The predicted octanol–water partition coefficient (Wildman–Crippen LogP) is 2.89. The fourth-order valence-corrected chi connectivity index (χ4v) is 4.47. The zero-order valence-electron chi connectivity index (χ0n) is 16.9. The second kappa shape index (κ2) is 9.10. The number of nitrogens with two attached hydrogens (primary N) is 1. The second-order valence-electron chi connectivity index (χ2n) is 6.95. The van der Waals surface area contributed by atoms with E-state index in [1.54, 1.807) is 13.0 Å². The number of benzene rings is 1. The molecule has 3 heterocycles. The lowest BCUT2D eigenvalue weighted by molar-refractivity contribution is 0.101. The van der Waals surface area contributed by atoms with Gasteiger partial charge in [0.2, 0.25) is 5.95 Å². The number of halogens is 2. The van der Waals surface area contributed by atoms with Gasteiger partial charge in [-0.3, -0.25) is 14.9 Å². The van der Waals surface area contributed by atoms with Gasteiger partial charge in [0, 0.05) is 29.9 Å². The van der Waals surface area contributed by atoms with Gasteiger partial charge >= 0.3 is 0 Å². The summed E-state index contributed by atoms with van der Waals surface area (Å²) in [5, 5.41) is 11.9. The van der Waals surface area contributed by atoms with Gasteiger partial charge in [0.05, 0.1) is 18.2 Å². The van der Waals surface area contributed by atoms with Crippen LogP contribution < -0.4 is 21.3 Å². The van der Waals surface area contributed by atoms with Crippen molar-refractivity contribution < 1.29 is 18.7 Å². The Morgan fingerprint density at radius 3 is 2.69 bits per heavy atom. The molecule has 3 aromatic rings. The average Bonchev–Trinajstić information content (AvgIpc) is 3.31. The van der Waals surface area contributed by atoms with Crippen molar-refractivity contribution in [2.75, 3.05) is 47.6 Å². The second-order valence-corrected chi connectivity index (χ2v) is 8.35. The first-order valence-electron chi connectivity index (χ1n) is 9.54. The monoisotopic (exact) mass is 479 g/mol. The third kappa shape index (κ3) is 4.66. The number of nitrogen functional groups attached to an aromatic ring is 1. The Kier molecular flexibility index (Phi) is 6.26. The SMILES string of the molecule is Cc1c(NC(=O)c2cc(F)cc(N3CCOCC3)c2)sc(C(=O)Nc2n[nH]c(N)n2)c1Cl. The van der Waals surface area contributed by atoms with Crippen LogP contribution in [0, 0.1) is 12.7 Å². The smallest absolute Gasteiger partial charge is 0.269 e. The van der Waals surface area contributed by atoms with E-state index in [9.17, 15) is 14.0 Å². The number of nitrogens with zero attached hydrogens (tertiary/aromatic N) is 3.